The maximum absolute atomic E-state index is 14.6. The van der Waals surface area contributed by atoms with Crippen molar-refractivity contribution in [1.82, 2.24) is 0 Å². The Kier molecular flexibility index (Phi) is 14.7. The highest BCUT2D eigenvalue weighted by Crippen LogP contribution is 2.58. The van der Waals surface area contributed by atoms with Crippen molar-refractivity contribution in [3.63, 3.8) is 0 Å². The number of hydrogen-bond donors (Lipinski definition) is 2. The molecule has 82 heavy (non-hydrogen) atoms. The van der Waals surface area contributed by atoms with E-state index >= 15 is 0 Å². The Labute approximate surface area is 453 Å². The number of benzene rings is 8. The number of halogens is 12. The van der Waals surface area contributed by atoms with Gasteiger partial charge in [0.1, 0.15) is 46.0 Å². The van der Waals surface area contributed by atoms with Crippen LogP contribution in [0.4, 0.5) is 64.1 Å². The van der Waals surface area contributed by atoms with Crippen molar-refractivity contribution in [2.75, 3.05) is 11.5 Å². The molecule has 0 aliphatic carbocycles. The van der Waals surface area contributed by atoms with Gasteiger partial charge in [-0.1, -0.05) is 48.5 Å². The van der Waals surface area contributed by atoms with Crippen LogP contribution in [0.1, 0.15) is 63.7 Å². The monoisotopic (exact) mass is 1150 g/mol. The van der Waals surface area contributed by atoms with Gasteiger partial charge >= 0.3 is 48.6 Å². The number of carbonyl (C=O) groups is 4. The molecule has 2 heterocycles. The van der Waals surface area contributed by atoms with E-state index in [9.17, 15) is 71.9 Å². The molecular weight excluding hydrogens is 1110 g/mol. The van der Waals surface area contributed by atoms with E-state index in [1.54, 1.807) is 24.3 Å². The summed E-state index contributed by atoms with van der Waals surface area (Å²) in [5.41, 5.74) is -1.23. The van der Waals surface area contributed by atoms with Crippen LogP contribution >= 0.6 is 0 Å². The van der Waals surface area contributed by atoms with E-state index in [1.165, 1.54) is 48.5 Å². The van der Waals surface area contributed by atoms with E-state index in [-0.39, 0.29) is 56.8 Å². The van der Waals surface area contributed by atoms with Gasteiger partial charge in [0.2, 0.25) is 10.8 Å². The molecule has 0 fully saturated rings. The van der Waals surface area contributed by atoms with Crippen LogP contribution in [0.2, 0.25) is 0 Å². The molecule has 0 unspecified atom stereocenters. The van der Waals surface area contributed by atoms with Crippen LogP contribution in [0, 0.1) is 0 Å². The lowest BCUT2D eigenvalue weighted by Gasteiger charge is -2.38. The summed E-state index contributed by atoms with van der Waals surface area (Å²) >= 11 is 0. The molecule has 12 nitrogen and oxygen atoms in total. The van der Waals surface area contributed by atoms with Crippen molar-refractivity contribution < 1.29 is 100 Å². The van der Waals surface area contributed by atoms with E-state index in [4.69, 9.17) is 30.4 Å². The highest BCUT2D eigenvalue weighted by Gasteiger charge is 2.73. The lowest BCUT2D eigenvalue weighted by molar-refractivity contribution is -0.290. The predicted octanol–water partition coefficient (Wildman–Crippen LogP) is 15.1. The second-order valence-corrected chi connectivity index (χ2v) is 17.9. The number of fused-ring (bicyclic) bond motifs is 2. The Morgan fingerprint density at radius 1 is 0.268 bits per heavy atom. The predicted molar refractivity (Wildman–Crippen MR) is 266 cm³/mol. The third kappa shape index (κ3) is 10.8. The molecule has 0 saturated heterocycles. The van der Waals surface area contributed by atoms with Crippen LogP contribution in [-0.4, -0.2) is 48.6 Å². The summed E-state index contributed by atoms with van der Waals surface area (Å²) in [6.07, 6.45) is -23.2. The van der Waals surface area contributed by atoms with Crippen LogP contribution in [0.15, 0.2) is 182 Å². The fourth-order valence-electron chi connectivity index (χ4n) is 8.93. The van der Waals surface area contributed by atoms with Gasteiger partial charge in [-0.15, -0.1) is 0 Å². The number of anilines is 2. The third-order valence-electron chi connectivity index (χ3n) is 12.8. The fourth-order valence-corrected chi connectivity index (χ4v) is 8.93. The Morgan fingerprint density at radius 2 is 0.463 bits per heavy atom. The average molecular weight is 1150 g/mol. The van der Waals surface area contributed by atoms with Crippen molar-refractivity contribution in [2.24, 2.45) is 0 Å². The summed E-state index contributed by atoms with van der Waals surface area (Å²) in [6, 6.07) is 32.9. The molecule has 0 radical (unpaired) electrons. The zero-order valence-corrected chi connectivity index (χ0v) is 41.1. The molecule has 0 amide bonds. The molecular formula is C58H34F12N2O10. The molecule has 8 aromatic rings. The molecule has 4 N–H and O–H groups in total. The standard InChI is InChI=1S/C31H14F6O8.C27H20F6N2O2/c32-30(33,34)29(31(35,36)37,15-1-5-17(6-2-15)42-19-9-11-21-23(13-19)27(40)44-25(21)38)16-3-7-18(8-4-16)43-20-10-12-22-24(14-20)28(41)45-26(22)39;28-26(29,30)25(27(31,32)33,17-1-9-21(10-2-17)36-23-13-5-19(34)6-14-23)18-3-11-22(12-4-18)37-24-15-7-20(35)8-16-24/h1-14H;1-16H,34-35H2. The van der Waals surface area contributed by atoms with Crippen LogP contribution < -0.4 is 30.4 Å². The largest absolute Gasteiger partial charge is 0.457 e. The minimum absolute atomic E-state index is 0.0199. The maximum atomic E-state index is 14.6. The molecule has 420 valence electrons. The number of carbonyl (C=O) groups excluding carboxylic acids is 4. The summed E-state index contributed by atoms with van der Waals surface area (Å²) < 4.78 is 205. The average Bonchev–Trinajstić information content (AvgIpc) is 1.24. The van der Waals surface area contributed by atoms with Crippen molar-refractivity contribution in [3.8, 4) is 46.0 Å². The number of hydrogen-bond acceptors (Lipinski definition) is 12. The van der Waals surface area contributed by atoms with E-state index in [0.29, 0.717) is 47.1 Å². The van der Waals surface area contributed by atoms with E-state index in [0.717, 1.165) is 84.9 Å². The van der Waals surface area contributed by atoms with Crippen molar-refractivity contribution in [2.45, 2.75) is 35.5 Å². The first kappa shape index (κ1) is 56.7. The fraction of sp³-hybridized carbons (Fsp3) is 0.103. The number of ether oxygens (including phenoxy) is 6. The first-order chi connectivity index (χ1) is 38.6. The maximum Gasteiger partial charge on any atom is 0.411 e. The summed E-state index contributed by atoms with van der Waals surface area (Å²) in [7, 11) is 0. The first-order valence-corrected chi connectivity index (χ1v) is 23.5. The van der Waals surface area contributed by atoms with Gasteiger partial charge in [0, 0.05) is 11.4 Å². The van der Waals surface area contributed by atoms with Crippen LogP contribution in [0.25, 0.3) is 0 Å². The van der Waals surface area contributed by atoms with Gasteiger partial charge in [0.05, 0.1) is 22.3 Å². The number of nitrogen functional groups attached to an aromatic ring is 2. The lowest BCUT2D eigenvalue weighted by atomic mass is 9.73. The Balaban J connectivity index is 0.000000202. The van der Waals surface area contributed by atoms with Gasteiger partial charge in [-0.25, -0.2) is 19.2 Å². The molecule has 10 rings (SSSR count). The van der Waals surface area contributed by atoms with Crippen LogP contribution in [0.5, 0.6) is 46.0 Å². The van der Waals surface area contributed by atoms with Crippen molar-refractivity contribution in [3.05, 3.63) is 226 Å². The van der Waals surface area contributed by atoms with Crippen molar-refractivity contribution >= 4 is 35.3 Å². The minimum atomic E-state index is -5.87. The topological polar surface area (TPSA) is 176 Å². The van der Waals surface area contributed by atoms with Gasteiger partial charge in [0.25, 0.3) is 0 Å². The zero-order chi connectivity index (χ0) is 59.2. The SMILES string of the molecule is Nc1ccc(Oc2ccc(C(c3ccc(Oc4ccc(N)cc4)cc3)(C(F)(F)F)C(F)(F)F)cc2)cc1.O=C1OC(=O)c2cc(Oc3ccc(C(c4ccc(Oc5ccc6c(c5)C(=O)OC6=O)cc4)(C(F)(F)F)C(F)(F)F)cc3)ccc21. The van der Waals surface area contributed by atoms with Crippen LogP contribution in [0.3, 0.4) is 0 Å². The molecule has 0 bridgehead atoms. The molecule has 0 saturated carbocycles. The van der Waals surface area contributed by atoms with Gasteiger partial charge < -0.3 is 39.9 Å². The van der Waals surface area contributed by atoms with Crippen LogP contribution in [-0.2, 0) is 20.3 Å². The first-order valence-electron chi connectivity index (χ1n) is 23.5. The normalized spacial score (nSPS) is 13.5. The smallest absolute Gasteiger partial charge is 0.411 e. The zero-order valence-electron chi connectivity index (χ0n) is 41.1. The van der Waals surface area contributed by atoms with Gasteiger partial charge in [0.15, 0.2) is 0 Å². The number of cyclic esters (lactones) is 4. The second kappa shape index (κ2) is 21.2. The van der Waals surface area contributed by atoms with Crippen molar-refractivity contribution in [1.29, 1.82) is 0 Å². The van der Waals surface area contributed by atoms with E-state index < -0.39 is 81.7 Å². The van der Waals surface area contributed by atoms with E-state index in [2.05, 4.69) is 9.47 Å². The molecule has 0 aromatic heterocycles. The molecule has 0 spiro atoms. The van der Waals surface area contributed by atoms with Gasteiger partial charge in [-0.3, -0.25) is 0 Å². The summed E-state index contributed by atoms with van der Waals surface area (Å²) in [5, 5.41) is 0. The molecule has 2 aliphatic rings. The molecule has 8 aromatic carbocycles. The second-order valence-electron chi connectivity index (χ2n) is 17.9. The highest BCUT2D eigenvalue weighted by molar-refractivity contribution is 6.15. The summed E-state index contributed by atoms with van der Waals surface area (Å²) in [5.74, 6) is -3.20. The van der Waals surface area contributed by atoms with E-state index in [1.807, 2.05) is 0 Å². The number of rotatable bonds is 12. The Morgan fingerprint density at radius 3 is 0.695 bits per heavy atom. The summed E-state index contributed by atoms with van der Waals surface area (Å²) in [4.78, 5) is 46.8. The van der Waals surface area contributed by atoms with Gasteiger partial charge in [-0.2, -0.15) is 52.7 Å². The van der Waals surface area contributed by atoms with Gasteiger partial charge in [-0.05, 0) is 156 Å². The number of esters is 4. The molecule has 2 aliphatic heterocycles. The Bertz CT molecular complexity index is 3470. The number of alkyl halides is 12. The Hall–Kier alpha value is -10.0. The number of nitrogens with two attached hydrogens (primary N) is 2. The molecule has 0 atom stereocenters. The summed E-state index contributed by atoms with van der Waals surface area (Å²) in [6.45, 7) is 0. The highest BCUT2D eigenvalue weighted by atomic mass is 19.4. The third-order valence-corrected chi connectivity index (χ3v) is 12.8. The molecule has 24 heteroatoms. The lowest BCUT2D eigenvalue weighted by Crippen LogP contribution is -2.54. The quantitative estimate of drug-likeness (QED) is 0.0513. The minimum Gasteiger partial charge on any atom is -0.457 e.